The molecule has 0 aliphatic carbocycles. The number of nitrogens with two attached hydrogens (primary N) is 2. The van der Waals surface area contributed by atoms with Gasteiger partial charge in [-0.15, -0.1) is 0 Å². The molecule has 0 bridgehead atoms. The fraction of sp³-hybridized carbons (Fsp3) is 0.375. The molecule has 33 heavy (non-hydrogen) atoms. The lowest BCUT2D eigenvalue weighted by Gasteiger charge is -2.41. The number of fused-ring (bicyclic) bond motifs is 2. The van der Waals surface area contributed by atoms with Gasteiger partial charge in [-0.2, -0.15) is 0 Å². The van der Waals surface area contributed by atoms with Gasteiger partial charge in [0.1, 0.15) is 5.82 Å². The molecule has 3 aromatic heterocycles. The average molecular weight is 462 g/mol. The Hall–Kier alpha value is -2.88. The molecule has 4 N–H and O–H groups in total. The van der Waals surface area contributed by atoms with E-state index in [0.717, 1.165) is 64.8 Å². The highest BCUT2D eigenvalue weighted by molar-refractivity contribution is 7.99. The van der Waals surface area contributed by atoms with E-state index in [1.807, 2.05) is 42.9 Å². The Morgan fingerprint density at radius 1 is 1.15 bits per heavy atom. The standard InChI is InChI=1S/C24H27N7OS/c1-15-21(26)24(14-32-15)6-9-30(10-7-24)23-28-13-19(22-27-8-11-31(22)23)33-18-12-20(25)29-17-5-3-2-4-16(17)18/h2-5,8,11-13,15,21H,6-7,9-10,14,26H2,1H3,(H2,25,29)/t15-,21+/m0/s1. The van der Waals surface area contributed by atoms with Crippen molar-refractivity contribution in [2.45, 2.75) is 41.7 Å². The number of aromatic nitrogens is 4. The third-order valence-electron chi connectivity index (χ3n) is 7.18. The number of hydrogen-bond acceptors (Lipinski definition) is 8. The molecule has 2 fully saturated rings. The highest BCUT2D eigenvalue weighted by Gasteiger charge is 2.47. The Labute approximate surface area is 196 Å². The smallest absolute Gasteiger partial charge is 0.211 e. The first kappa shape index (κ1) is 20.7. The minimum atomic E-state index is 0.0854. The number of hydrogen-bond donors (Lipinski definition) is 2. The van der Waals surface area contributed by atoms with Crippen LogP contribution in [0.2, 0.25) is 0 Å². The molecule has 2 aliphatic heterocycles. The molecule has 2 aliphatic rings. The molecule has 2 atom stereocenters. The van der Waals surface area contributed by atoms with Crippen LogP contribution >= 0.6 is 11.8 Å². The van der Waals surface area contributed by atoms with Crippen molar-refractivity contribution >= 4 is 40.1 Å². The van der Waals surface area contributed by atoms with E-state index < -0.39 is 0 Å². The van der Waals surface area contributed by atoms with Crippen molar-refractivity contribution in [1.82, 2.24) is 19.4 Å². The molecule has 2 saturated heterocycles. The molecule has 170 valence electrons. The summed E-state index contributed by atoms with van der Waals surface area (Å²) in [5, 5.41) is 1.07. The van der Waals surface area contributed by atoms with Gasteiger partial charge in [0.25, 0.3) is 0 Å². The second kappa shape index (κ2) is 7.86. The summed E-state index contributed by atoms with van der Waals surface area (Å²) in [6.45, 7) is 4.65. The summed E-state index contributed by atoms with van der Waals surface area (Å²) in [4.78, 5) is 18.3. The van der Waals surface area contributed by atoms with Crippen LogP contribution in [-0.2, 0) is 4.74 Å². The molecule has 9 heteroatoms. The first-order valence-electron chi connectivity index (χ1n) is 11.3. The largest absolute Gasteiger partial charge is 0.384 e. The monoisotopic (exact) mass is 461 g/mol. The van der Waals surface area contributed by atoms with E-state index in [9.17, 15) is 0 Å². The molecule has 6 rings (SSSR count). The molecule has 4 aromatic rings. The van der Waals surface area contributed by atoms with Crippen LogP contribution < -0.4 is 16.4 Å². The zero-order valence-corrected chi connectivity index (χ0v) is 19.3. The SMILES string of the molecule is C[C@@H]1OCC2(CCN(c3ncc(Sc4cc(N)nc5ccccc45)c4nccn34)CC2)[C@@H]1N. The van der Waals surface area contributed by atoms with Crippen LogP contribution in [-0.4, -0.2) is 51.2 Å². The number of para-hydroxylation sites is 1. The van der Waals surface area contributed by atoms with Gasteiger partial charge in [-0.3, -0.25) is 4.40 Å². The van der Waals surface area contributed by atoms with Crippen LogP contribution in [0.25, 0.3) is 16.6 Å². The van der Waals surface area contributed by atoms with Gasteiger partial charge in [-0.05, 0) is 31.9 Å². The van der Waals surface area contributed by atoms with Gasteiger partial charge in [-0.1, -0.05) is 30.0 Å². The van der Waals surface area contributed by atoms with Crippen molar-refractivity contribution in [3.05, 3.63) is 48.9 Å². The maximum atomic E-state index is 6.50. The van der Waals surface area contributed by atoms with Gasteiger partial charge in [0, 0.05) is 53.4 Å². The number of piperidine rings is 1. The van der Waals surface area contributed by atoms with Gasteiger partial charge in [-0.25, -0.2) is 15.0 Å². The van der Waals surface area contributed by atoms with Gasteiger partial charge in [0.15, 0.2) is 5.65 Å². The van der Waals surface area contributed by atoms with Crippen molar-refractivity contribution in [1.29, 1.82) is 0 Å². The molecular formula is C24H27N7OS. The van der Waals surface area contributed by atoms with Crippen molar-refractivity contribution < 1.29 is 4.74 Å². The van der Waals surface area contributed by atoms with Crippen molar-refractivity contribution in [2.75, 3.05) is 30.3 Å². The minimum absolute atomic E-state index is 0.0854. The van der Waals surface area contributed by atoms with Crippen LogP contribution in [0.15, 0.2) is 58.7 Å². The molecule has 0 unspecified atom stereocenters. The summed E-state index contributed by atoms with van der Waals surface area (Å²) >= 11 is 1.62. The lowest BCUT2D eigenvalue weighted by atomic mass is 9.73. The average Bonchev–Trinajstić information content (AvgIpc) is 3.42. The minimum Gasteiger partial charge on any atom is -0.384 e. The number of nitrogens with zero attached hydrogens (tertiary/aromatic N) is 5. The van der Waals surface area contributed by atoms with Crippen LogP contribution in [0.4, 0.5) is 11.8 Å². The van der Waals surface area contributed by atoms with E-state index in [0.29, 0.717) is 5.82 Å². The second-order valence-corrected chi connectivity index (χ2v) is 10.2. The Balaban J connectivity index is 1.30. The lowest BCUT2D eigenvalue weighted by molar-refractivity contribution is 0.0973. The molecule has 5 heterocycles. The van der Waals surface area contributed by atoms with Gasteiger partial charge >= 0.3 is 0 Å². The first-order chi connectivity index (χ1) is 16.0. The van der Waals surface area contributed by atoms with Gasteiger partial charge in [0.05, 0.1) is 23.1 Å². The Kier molecular flexibility index (Phi) is 4.93. The van der Waals surface area contributed by atoms with E-state index in [2.05, 4.69) is 32.3 Å². The molecule has 0 radical (unpaired) electrons. The number of ether oxygens (including phenoxy) is 1. The summed E-state index contributed by atoms with van der Waals surface area (Å²) in [6, 6.07) is 10.0. The number of benzene rings is 1. The normalized spacial score (nSPS) is 22.5. The number of imidazole rings is 1. The number of nitrogen functional groups attached to an aromatic ring is 1. The van der Waals surface area contributed by atoms with Crippen molar-refractivity contribution in [2.24, 2.45) is 11.1 Å². The van der Waals surface area contributed by atoms with Gasteiger partial charge in [0.2, 0.25) is 5.95 Å². The Bertz CT molecular complexity index is 1330. The van der Waals surface area contributed by atoms with Crippen LogP contribution in [0.5, 0.6) is 0 Å². The maximum Gasteiger partial charge on any atom is 0.211 e. The van der Waals surface area contributed by atoms with E-state index in [4.69, 9.17) is 21.2 Å². The highest BCUT2D eigenvalue weighted by Crippen LogP contribution is 2.42. The second-order valence-electron chi connectivity index (χ2n) is 9.10. The number of anilines is 2. The molecule has 8 nitrogen and oxygen atoms in total. The third-order valence-corrected chi connectivity index (χ3v) is 8.25. The Morgan fingerprint density at radius 3 is 2.76 bits per heavy atom. The topological polar surface area (TPSA) is 108 Å². The first-order valence-corrected chi connectivity index (χ1v) is 12.1. The molecule has 1 aromatic carbocycles. The molecule has 0 amide bonds. The number of rotatable bonds is 3. The van der Waals surface area contributed by atoms with E-state index >= 15 is 0 Å². The van der Waals surface area contributed by atoms with Crippen molar-refractivity contribution in [3.8, 4) is 0 Å². The quantitative estimate of drug-likeness (QED) is 0.478. The maximum absolute atomic E-state index is 6.50. The van der Waals surface area contributed by atoms with E-state index in [1.165, 1.54) is 0 Å². The summed E-state index contributed by atoms with van der Waals surface area (Å²) in [7, 11) is 0. The highest BCUT2D eigenvalue weighted by atomic mass is 32.2. The fourth-order valence-corrected chi connectivity index (χ4v) is 6.23. The molecular weight excluding hydrogens is 434 g/mol. The van der Waals surface area contributed by atoms with Gasteiger partial charge < -0.3 is 21.1 Å². The third kappa shape index (κ3) is 3.42. The predicted molar refractivity (Wildman–Crippen MR) is 131 cm³/mol. The summed E-state index contributed by atoms with van der Waals surface area (Å²) in [5.74, 6) is 1.42. The van der Waals surface area contributed by atoms with E-state index in [1.54, 1.807) is 11.8 Å². The Morgan fingerprint density at radius 2 is 1.97 bits per heavy atom. The summed E-state index contributed by atoms with van der Waals surface area (Å²) in [5.41, 5.74) is 14.4. The lowest BCUT2D eigenvalue weighted by Crippen LogP contribution is -2.51. The predicted octanol–water partition coefficient (Wildman–Crippen LogP) is 3.34. The zero-order chi connectivity index (χ0) is 22.6. The summed E-state index contributed by atoms with van der Waals surface area (Å²) < 4.78 is 7.96. The molecule has 0 saturated carbocycles. The van der Waals surface area contributed by atoms with Crippen LogP contribution in [0.3, 0.4) is 0 Å². The fourth-order valence-electron chi connectivity index (χ4n) is 5.18. The van der Waals surface area contributed by atoms with Crippen LogP contribution in [0.1, 0.15) is 19.8 Å². The summed E-state index contributed by atoms with van der Waals surface area (Å²) in [6.07, 6.45) is 7.88. The molecule has 1 spiro atoms. The van der Waals surface area contributed by atoms with E-state index in [-0.39, 0.29) is 17.6 Å². The van der Waals surface area contributed by atoms with Crippen LogP contribution in [0, 0.1) is 5.41 Å². The zero-order valence-electron chi connectivity index (χ0n) is 18.5. The number of pyridine rings is 1. The van der Waals surface area contributed by atoms with Crippen molar-refractivity contribution in [3.63, 3.8) is 0 Å².